The summed E-state index contributed by atoms with van der Waals surface area (Å²) in [5, 5.41) is 19.7. The predicted molar refractivity (Wildman–Crippen MR) is 115 cm³/mol. The van der Waals surface area contributed by atoms with Crippen molar-refractivity contribution in [1.82, 2.24) is 35.9 Å². The van der Waals surface area contributed by atoms with Crippen LogP contribution in [0.3, 0.4) is 0 Å². The van der Waals surface area contributed by atoms with Gasteiger partial charge < -0.3 is 5.32 Å². The molecule has 0 radical (unpaired) electrons. The molecular weight excluding hydrogens is 437 g/mol. The number of aryl methyl sites for hydroxylation is 1. The number of nitrogens with zero attached hydrogens (tertiary/aromatic N) is 6. The molecule has 3 heterocycles. The molecular formula is C20H15ClFN9O. The maximum atomic E-state index is 13.8. The second kappa shape index (κ2) is 7.85. The van der Waals surface area contributed by atoms with E-state index in [1.165, 1.54) is 17.0 Å². The Kier molecular flexibility index (Phi) is 4.86. The minimum Gasteiger partial charge on any atom is -0.333 e. The number of tetrazole rings is 1. The van der Waals surface area contributed by atoms with Gasteiger partial charge in [-0.3, -0.25) is 5.32 Å². The number of rotatable bonds is 4. The Morgan fingerprint density at radius 2 is 2.00 bits per heavy atom. The maximum Gasteiger partial charge on any atom is 0.328 e. The lowest BCUT2D eigenvalue weighted by Gasteiger charge is -2.31. The van der Waals surface area contributed by atoms with Gasteiger partial charge in [-0.2, -0.15) is 10.2 Å². The molecule has 0 bridgehead atoms. The number of fused-ring (bicyclic) bond motifs is 1. The topological polar surface area (TPSA) is 125 Å². The summed E-state index contributed by atoms with van der Waals surface area (Å²) in [5.41, 5.74) is 3.00. The Bertz CT molecular complexity index is 1330. The van der Waals surface area contributed by atoms with Crippen LogP contribution in [0.2, 0.25) is 5.02 Å². The van der Waals surface area contributed by atoms with E-state index in [4.69, 9.17) is 11.6 Å². The fourth-order valence-electron chi connectivity index (χ4n) is 3.50. The van der Waals surface area contributed by atoms with Crippen LogP contribution in [-0.2, 0) is 6.54 Å². The molecule has 0 saturated carbocycles. The van der Waals surface area contributed by atoms with Crippen molar-refractivity contribution in [3.63, 3.8) is 0 Å². The Morgan fingerprint density at radius 1 is 1.16 bits per heavy atom. The molecule has 0 saturated heterocycles. The lowest BCUT2D eigenvalue weighted by Crippen LogP contribution is -2.42. The SMILES string of the molecule is Cc1cc(F)ccc1-c1nc(Nc2nn[nH]n2)nc2c1CNC(=O)N2c1ccccc1Cl. The first-order chi connectivity index (χ1) is 15.5. The van der Waals surface area contributed by atoms with E-state index in [2.05, 4.69) is 41.2 Å². The van der Waals surface area contributed by atoms with Crippen molar-refractivity contribution in [3.05, 3.63) is 64.4 Å². The van der Waals surface area contributed by atoms with Crippen LogP contribution in [0.15, 0.2) is 42.5 Å². The van der Waals surface area contributed by atoms with Crippen molar-refractivity contribution in [2.45, 2.75) is 13.5 Å². The van der Waals surface area contributed by atoms with Gasteiger partial charge in [-0.25, -0.2) is 19.1 Å². The molecule has 1 aliphatic heterocycles. The average Bonchev–Trinajstić information content (AvgIpc) is 3.27. The van der Waals surface area contributed by atoms with Crippen LogP contribution in [-0.4, -0.2) is 36.6 Å². The highest BCUT2D eigenvalue weighted by atomic mass is 35.5. The highest BCUT2D eigenvalue weighted by Gasteiger charge is 2.32. The first-order valence-corrected chi connectivity index (χ1v) is 9.89. The quantitative estimate of drug-likeness (QED) is 0.430. The summed E-state index contributed by atoms with van der Waals surface area (Å²) in [6, 6.07) is 11.0. The molecule has 12 heteroatoms. The molecule has 32 heavy (non-hydrogen) atoms. The van der Waals surface area contributed by atoms with Gasteiger partial charge in [0.2, 0.25) is 5.95 Å². The van der Waals surface area contributed by atoms with E-state index in [0.29, 0.717) is 38.9 Å². The number of para-hydroxylation sites is 1. The molecule has 0 aliphatic carbocycles. The van der Waals surface area contributed by atoms with Crippen molar-refractivity contribution in [2.75, 3.05) is 10.2 Å². The van der Waals surface area contributed by atoms with Crippen LogP contribution in [0.1, 0.15) is 11.1 Å². The lowest BCUT2D eigenvalue weighted by molar-refractivity contribution is 0.247. The Hall–Kier alpha value is -4.12. The molecule has 10 nitrogen and oxygen atoms in total. The van der Waals surface area contributed by atoms with Gasteiger partial charge in [0.1, 0.15) is 5.82 Å². The fourth-order valence-corrected chi connectivity index (χ4v) is 3.72. The monoisotopic (exact) mass is 451 g/mol. The molecule has 160 valence electrons. The summed E-state index contributed by atoms with van der Waals surface area (Å²) >= 11 is 6.39. The Morgan fingerprint density at radius 3 is 2.75 bits per heavy atom. The van der Waals surface area contributed by atoms with Crippen molar-refractivity contribution < 1.29 is 9.18 Å². The molecule has 2 aromatic heterocycles. The van der Waals surface area contributed by atoms with Crippen LogP contribution in [0.25, 0.3) is 11.3 Å². The third-order valence-corrected chi connectivity index (χ3v) is 5.24. The number of hydrogen-bond acceptors (Lipinski definition) is 7. The molecule has 0 fully saturated rings. The molecule has 0 atom stereocenters. The maximum absolute atomic E-state index is 13.8. The van der Waals surface area contributed by atoms with Gasteiger partial charge in [-0.15, -0.1) is 5.10 Å². The van der Waals surface area contributed by atoms with Crippen molar-refractivity contribution in [2.24, 2.45) is 0 Å². The second-order valence-corrected chi connectivity index (χ2v) is 7.37. The lowest BCUT2D eigenvalue weighted by atomic mass is 10.00. The van der Waals surface area contributed by atoms with E-state index in [0.717, 1.165) is 0 Å². The molecule has 0 spiro atoms. The van der Waals surface area contributed by atoms with E-state index < -0.39 is 6.03 Å². The zero-order chi connectivity index (χ0) is 22.2. The van der Waals surface area contributed by atoms with Crippen molar-refractivity contribution in [3.8, 4) is 11.3 Å². The number of amides is 2. The first kappa shape index (κ1) is 19.8. The molecule has 2 aromatic carbocycles. The number of carbonyl (C=O) groups excluding carboxylic acids is 1. The molecule has 1 aliphatic rings. The smallest absolute Gasteiger partial charge is 0.328 e. The van der Waals surface area contributed by atoms with Gasteiger partial charge in [-0.1, -0.05) is 28.8 Å². The van der Waals surface area contributed by atoms with Crippen LogP contribution < -0.4 is 15.5 Å². The minimum atomic E-state index is -0.392. The van der Waals surface area contributed by atoms with Crippen LogP contribution in [0.4, 0.5) is 32.6 Å². The Balaban J connectivity index is 1.74. The van der Waals surface area contributed by atoms with Gasteiger partial charge in [-0.05, 0) is 48.0 Å². The van der Waals surface area contributed by atoms with Crippen molar-refractivity contribution in [1.29, 1.82) is 0 Å². The number of nitrogens with one attached hydrogen (secondary N) is 3. The van der Waals surface area contributed by atoms with Gasteiger partial charge in [0.15, 0.2) is 5.82 Å². The molecule has 3 N–H and O–H groups in total. The second-order valence-electron chi connectivity index (χ2n) is 6.96. The van der Waals surface area contributed by atoms with Crippen LogP contribution in [0, 0.1) is 12.7 Å². The van der Waals surface area contributed by atoms with E-state index in [-0.39, 0.29) is 24.3 Å². The van der Waals surface area contributed by atoms with Gasteiger partial charge >= 0.3 is 6.03 Å². The van der Waals surface area contributed by atoms with E-state index in [9.17, 15) is 9.18 Å². The van der Waals surface area contributed by atoms with Crippen LogP contribution in [0.5, 0.6) is 0 Å². The summed E-state index contributed by atoms with van der Waals surface area (Å²) in [7, 11) is 0. The minimum absolute atomic E-state index is 0.135. The fraction of sp³-hybridized carbons (Fsp3) is 0.100. The number of hydrogen-bond donors (Lipinski definition) is 3. The third kappa shape index (κ3) is 3.48. The first-order valence-electron chi connectivity index (χ1n) is 9.51. The number of benzene rings is 2. The summed E-state index contributed by atoms with van der Waals surface area (Å²) < 4.78 is 13.8. The highest BCUT2D eigenvalue weighted by molar-refractivity contribution is 6.34. The van der Waals surface area contributed by atoms with E-state index >= 15 is 0 Å². The number of carbonyl (C=O) groups is 1. The largest absolute Gasteiger partial charge is 0.333 e. The predicted octanol–water partition coefficient (Wildman–Crippen LogP) is 3.86. The number of aromatic nitrogens is 6. The van der Waals surface area contributed by atoms with Gasteiger partial charge in [0, 0.05) is 11.1 Å². The zero-order valence-corrected chi connectivity index (χ0v) is 17.4. The molecule has 2 amide bonds. The summed E-state index contributed by atoms with van der Waals surface area (Å²) in [4.78, 5) is 23.4. The number of urea groups is 1. The number of H-pyrrole nitrogens is 1. The Labute approximate surface area is 185 Å². The highest BCUT2D eigenvalue weighted by Crippen LogP contribution is 2.39. The third-order valence-electron chi connectivity index (χ3n) is 4.92. The zero-order valence-electron chi connectivity index (χ0n) is 16.6. The number of anilines is 4. The van der Waals surface area contributed by atoms with Gasteiger partial charge in [0.05, 0.1) is 22.9 Å². The summed E-state index contributed by atoms with van der Waals surface area (Å²) in [5.74, 6) is 0.263. The summed E-state index contributed by atoms with van der Waals surface area (Å²) in [6.45, 7) is 1.97. The van der Waals surface area contributed by atoms with E-state index in [1.54, 1.807) is 37.3 Å². The molecule has 5 rings (SSSR count). The van der Waals surface area contributed by atoms with Crippen molar-refractivity contribution >= 4 is 41.0 Å². The summed E-state index contributed by atoms with van der Waals surface area (Å²) in [6.07, 6.45) is 0. The van der Waals surface area contributed by atoms with E-state index in [1.807, 2.05) is 0 Å². The number of aromatic amines is 1. The van der Waals surface area contributed by atoms with Crippen LogP contribution >= 0.6 is 11.6 Å². The molecule has 0 unspecified atom stereocenters. The molecule has 4 aromatic rings. The van der Waals surface area contributed by atoms with Gasteiger partial charge in [0.25, 0.3) is 5.95 Å². The average molecular weight is 452 g/mol. The number of halogens is 2. The normalized spacial score (nSPS) is 13.0. The standard InChI is InChI=1S/C20H15ClFN9O/c1-10-8-11(22)6-7-12(10)16-13-9-23-20(32)31(15-5-3-2-4-14(15)21)17(13)25-18(24-16)26-19-27-29-30-28-19/h2-8H,9H2,1H3,(H,23,32)(H2,24,25,26,27,28,29,30).